The number of carbonyl (C=O) groups is 2. The average Bonchev–Trinajstić information content (AvgIpc) is 3.12. The van der Waals surface area contributed by atoms with Crippen molar-refractivity contribution in [3.63, 3.8) is 0 Å². The lowest BCUT2D eigenvalue weighted by atomic mass is 10.1. The highest BCUT2D eigenvalue weighted by atomic mass is 16.5. The summed E-state index contributed by atoms with van der Waals surface area (Å²) in [5, 5.41) is 4.02. The first kappa shape index (κ1) is 17.0. The third kappa shape index (κ3) is 2.99. The van der Waals surface area contributed by atoms with Crippen LogP contribution in [0.1, 0.15) is 22.8 Å². The summed E-state index contributed by atoms with van der Waals surface area (Å²) in [5.74, 6) is 0.114. The SMILES string of the molecule is COC(=O)c1cc(Nc2cccc3c2N(C(C)=O)CC3)nc2ccccc12. The first-order valence-corrected chi connectivity index (χ1v) is 8.73. The summed E-state index contributed by atoms with van der Waals surface area (Å²) < 4.78 is 4.92. The largest absolute Gasteiger partial charge is 0.465 e. The molecule has 1 aliphatic rings. The number of anilines is 3. The van der Waals surface area contributed by atoms with E-state index in [9.17, 15) is 9.59 Å². The Kier molecular flexibility index (Phi) is 4.24. The predicted octanol–water partition coefficient (Wildman–Crippen LogP) is 3.67. The molecule has 0 saturated heterocycles. The molecule has 3 aromatic rings. The van der Waals surface area contributed by atoms with E-state index in [2.05, 4.69) is 10.3 Å². The van der Waals surface area contributed by atoms with E-state index in [1.807, 2.05) is 42.5 Å². The lowest BCUT2D eigenvalue weighted by molar-refractivity contribution is -0.116. The molecule has 2 aromatic carbocycles. The predicted molar refractivity (Wildman–Crippen MR) is 105 cm³/mol. The van der Waals surface area contributed by atoms with Crippen molar-refractivity contribution in [2.75, 3.05) is 23.9 Å². The maximum Gasteiger partial charge on any atom is 0.338 e. The minimum absolute atomic E-state index is 0.00437. The van der Waals surface area contributed by atoms with Crippen LogP contribution in [0.5, 0.6) is 0 Å². The van der Waals surface area contributed by atoms with Crippen LogP contribution in [0.25, 0.3) is 10.9 Å². The molecule has 0 fully saturated rings. The van der Waals surface area contributed by atoms with Gasteiger partial charge in [-0.25, -0.2) is 9.78 Å². The van der Waals surface area contributed by atoms with E-state index in [4.69, 9.17) is 4.74 Å². The van der Waals surface area contributed by atoms with E-state index in [-0.39, 0.29) is 5.91 Å². The summed E-state index contributed by atoms with van der Waals surface area (Å²) in [6.07, 6.45) is 0.822. The molecule has 0 spiro atoms. The fourth-order valence-corrected chi connectivity index (χ4v) is 3.53. The number of fused-ring (bicyclic) bond motifs is 2. The Labute approximate surface area is 156 Å². The van der Waals surface area contributed by atoms with Gasteiger partial charge in [0.05, 0.1) is 29.6 Å². The molecule has 1 aliphatic heterocycles. The Morgan fingerprint density at radius 3 is 2.74 bits per heavy atom. The Morgan fingerprint density at radius 2 is 1.96 bits per heavy atom. The second-order valence-corrected chi connectivity index (χ2v) is 6.42. The highest BCUT2D eigenvalue weighted by molar-refractivity contribution is 6.05. The lowest BCUT2D eigenvalue weighted by Crippen LogP contribution is -2.26. The Balaban J connectivity index is 1.81. The number of pyridine rings is 1. The number of nitrogens with one attached hydrogen (secondary N) is 1. The molecule has 0 bridgehead atoms. The molecular weight excluding hydrogens is 342 g/mol. The zero-order valence-corrected chi connectivity index (χ0v) is 15.2. The smallest absolute Gasteiger partial charge is 0.338 e. The molecule has 6 nitrogen and oxygen atoms in total. The number of methoxy groups -OCH3 is 1. The first-order valence-electron chi connectivity index (χ1n) is 8.73. The highest BCUT2D eigenvalue weighted by Crippen LogP contribution is 2.37. The molecule has 27 heavy (non-hydrogen) atoms. The second kappa shape index (κ2) is 6.72. The Hall–Kier alpha value is -3.41. The molecule has 1 amide bonds. The number of para-hydroxylation sites is 2. The van der Waals surface area contributed by atoms with Gasteiger partial charge in [-0.05, 0) is 30.2 Å². The van der Waals surface area contributed by atoms with Crippen LogP contribution in [-0.4, -0.2) is 30.5 Å². The molecule has 0 unspecified atom stereocenters. The summed E-state index contributed by atoms with van der Waals surface area (Å²) in [6, 6.07) is 15.0. The summed E-state index contributed by atoms with van der Waals surface area (Å²) in [7, 11) is 1.36. The molecule has 4 rings (SSSR count). The van der Waals surface area contributed by atoms with Gasteiger partial charge in [0.2, 0.25) is 5.91 Å². The van der Waals surface area contributed by atoms with Crippen molar-refractivity contribution < 1.29 is 14.3 Å². The van der Waals surface area contributed by atoms with E-state index >= 15 is 0 Å². The van der Waals surface area contributed by atoms with E-state index in [0.29, 0.717) is 23.4 Å². The topological polar surface area (TPSA) is 71.5 Å². The van der Waals surface area contributed by atoms with Gasteiger partial charge in [-0.1, -0.05) is 30.3 Å². The van der Waals surface area contributed by atoms with Gasteiger partial charge in [0.25, 0.3) is 0 Å². The number of nitrogens with zero attached hydrogens (tertiary/aromatic N) is 2. The standard InChI is InChI=1S/C21H19N3O3/c1-13(25)24-11-10-14-6-5-9-18(20(14)24)23-19-12-16(21(26)27-2)15-7-3-4-8-17(15)22-19/h3-9,12H,10-11H2,1-2H3,(H,22,23). The molecule has 0 aliphatic carbocycles. The van der Waals surface area contributed by atoms with Gasteiger partial charge in [0, 0.05) is 18.9 Å². The van der Waals surface area contributed by atoms with Gasteiger partial charge in [-0.2, -0.15) is 0 Å². The second-order valence-electron chi connectivity index (χ2n) is 6.42. The van der Waals surface area contributed by atoms with Crippen LogP contribution >= 0.6 is 0 Å². The fourth-order valence-electron chi connectivity index (χ4n) is 3.53. The zero-order chi connectivity index (χ0) is 19.0. The van der Waals surface area contributed by atoms with Crippen LogP contribution in [0.15, 0.2) is 48.5 Å². The van der Waals surface area contributed by atoms with Gasteiger partial charge in [0.1, 0.15) is 5.82 Å². The third-order valence-corrected chi connectivity index (χ3v) is 4.76. The lowest BCUT2D eigenvalue weighted by Gasteiger charge is -2.19. The van der Waals surface area contributed by atoms with Crippen molar-refractivity contribution >= 4 is 40.0 Å². The highest BCUT2D eigenvalue weighted by Gasteiger charge is 2.25. The summed E-state index contributed by atoms with van der Waals surface area (Å²) in [5.41, 5.74) is 3.92. The molecule has 0 radical (unpaired) electrons. The van der Waals surface area contributed by atoms with Crippen LogP contribution in [0, 0.1) is 0 Å². The molecule has 1 N–H and O–H groups in total. The number of aromatic nitrogens is 1. The van der Waals surface area contributed by atoms with Gasteiger partial charge >= 0.3 is 5.97 Å². The molecule has 0 atom stereocenters. The minimum Gasteiger partial charge on any atom is -0.465 e. The maximum atomic E-state index is 12.2. The normalized spacial score (nSPS) is 12.7. The van der Waals surface area contributed by atoms with Gasteiger partial charge in [-0.3, -0.25) is 4.79 Å². The van der Waals surface area contributed by atoms with E-state index < -0.39 is 5.97 Å². The van der Waals surface area contributed by atoms with Crippen LogP contribution < -0.4 is 10.2 Å². The van der Waals surface area contributed by atoms with Crippen LogP contribution in [-0.2, 0) is 16.0 Å². The van der Waals surface area contributed by atoms with Crippen LogP contribution in [0.3, 0.4) is 0 Å². The minimum atomic E-state index is -0.416. The number of benzene rings is 2. The third-order valence-electron chi connectivity index (χ3n) is 4.76. The summed E-state index contributed by atoms with van der Waals surface area (Å²) >= 11 is 0. The quantitative estimate of drug-likeness (QED) is 0.721. The van der Waals surface area contributed by atoms with Crippen molar-refractivity contribution in [2.24, 2.45) is 0 Å². The average molecular weight is 361 g/mol. The number of rotatable bonds is 3. The molecule has 6 heteroatoms. The maximum absolute atomic E-state index is 12.2. The number of carbonyl (C=O) groups excluding carboxylic acids is 2. The Morgan fingerprint density at radius 1 is 1.15 bits per heavy atom. The number of amides is 1. The number of esters is 1. The first-order chi connectivity index (χ1) is 13.1. The van der Waals surface area contributed by atoms with Crippen molar-refractivity contribution in [3.05, 3.63) is 59.7 Å². The molecular formula is C21H19N3O3. The zero-order valence-electron chi connectivity index (χ0n) is 15.2. The summed E-state index contributed by atoms with van der Waals surface area (Å²) in [4.78, 5) is 30.6. The number of ether oxygens (including phenoxy) is 1. The number of hydrogen-bond donors (Lipinski definition) is 1. The van der Waals surface area contributed by atoms with Crippen LogP contribution in [0.2, 0.25) is 0 Å². The summed E-state index contributed by atoms with van der Waals surface area (Å²) in [6.45, 7) is 2.23. The van der Waals surface area contributed by atoms with E-state index in [1.165, 1.54) is 7.11 Å². The molecule has 1 aromatic heterocycles. The van der Waals surface area contributed by atoms with Gasteiger partial charge < -0.3 is 15.0 Å². The van der Waals surface area contributed by atoms with Gasteiger partial charge in [-0.15, -0.1) is 0 Å². The molecule has 0 saturated carbocycles. The van der Waals surface area contributed by atoms with E-state index in [0.717, 1.165) is 28.7 Å². The van der Waals surface area contributed by atoms with Crippen molar-refractivity contribution in [2.45, 2.75) is 13.3 Å². The van der Waals surface area contributed by atoms with Crippen molar-refractivity contribution in [3.8, 4) is 0 Å². The van der Waals surface area contributed by atoms with Crippen LogP contribution in [0.4, 0.5) is 17.2 Å². The van der Waals surface area contributed by atoms with Crippen molar-refractivity contribution in [1.82, 2.24) is 4.98 Å². The van der Waals surface area contributed by atoms with Gasteiger partial charge in [0.15, 0.2) is 0 Å². The van der Waals surface area contributed by atoms with Crippen molar-refractivity contribution in [1.29, 1.82) is 0 Å². The van der Waals surface area contributed by atoms with E-state index in [1.54, 1.807) is 17.9 Å². The molecule has 136 valence electrons. The molecule has 2 heterocycles. The fraction of sp³-hybridized carbons (Fsp3) is 0.190. The monoisotopic (exact) mass is 361 g/mol. The number of hydrogen-bond acceptors (Lipinski definition) is 5. The Bertz CT molecular complexity index is 1060.